The molecule has 3 rings (SSSR count). The second-order valence-electron chi connectivity index (χ2n) is 6.93. The molecule has 0 bridgehead atoms. The zero-order valence-corrected chi connectivity index (χ0v) is 12.1. The van der Waals surface area contributed by atoms with Crippen molar-refractivity contribution >= 4 is 5.91 Å². The molecular weight excluding hydrogens is 236 g/mol. The van der Waals surface area contributed by atoms with Gasteiger partial charge in [0.1, 0.15) is 0 Å². The second-order valence-corrected chi connectivity index (χ2v) is 6.93. The molecule has 1 saturated carbocycles. The van der Waals surface area contributed by atoms with Crippen LogP contribution in [0.3, 0.4) is 0 Å². The molecule has 1 spiro atoms. The molecule has 3 fully saturated rings. The first-order valence-corrected chi connectivity index (χ1v) is 8.31. The normalized spacial score (nSPS) is 31.4. The molecule has 0 radical (unpaired) electrons. The summed E-state index contributed by atoms with van der Waals surface area (Å²) in [6, 6.07) is 0.126. The third kappa shape index (κ3) is 2.96. The van der Waals surface area contributed by atoms with Crippen molar-refractivity contribution in [1.82, 2.24) is 10.2 Å². The fourth-order valence-electron chi connectivity index (χ4n) is 4.40. The molecule has 1 atom stereocenters. The van der Waals surface area contributed by atoms with Crippen LogP contribution in [0.1, 0.15) is 64.2 Å². The van der Waals surface area contributed by atoms with Crippen LogP contribution in [0.5, 0.6) is 0 Å². The van der Waals surface area contributed by atoms with Gasteiger partial charge in [-0.1, -0.05) is 25.7 Å². The van der Waals surface area contributed by atoms with Gasteiger partial charge in [0.2, 0.25) is 5.91 Å². The van der Waals surface area contributed by atoms with E-state index in [9.17, 15) is 4.79 Å². The minimum atomic E-state index is 0.126. The summed E-state index contributed by atoms with van der Waals surface area (Å²) >= 11 is 0. The molecular formula is C16H28N2O. The molecule has 0 aromatic carbocycles. The molecule has 0 aromatic rings. The van der Waals surface area contributed by atoms with Gasteiger partial charge in [0.25, 0.3) is 0 Å². The first-order valence-electron chi connectivity index (χ1n) is 8.31. The highest BCUT2D eigenvalue weighted by Gasteiger charge is 2.38. The van der Waals surface area contributed by atoms with E-state index in [1.54, 1.807) is 0 Å². The number of nitrogens with zero attached hydrogens (tertiary/aromatic N) is 1. The Bertz CT molecular complexity index is 315. The third-order valence-corrected chi connectivity index (χ3v) is 5.50. The summed E-state index contributed by atoms with van der Waals surface area (Å²) in [7, 11) is 0. The number of hydrogen-bond donors (Lipinski definition) is 1. The molecule has 3 aliphatic rings. The van der Waals surface area contributed by atoms with Crippen LogP contribution >= 0.6 is 0 Å². The molecule has 1 N–H and O–H groups in total. The Morgan fingerprint density at radius 2 is 1.74 bits per heavy atom. The Balaban J connectivity index is 1.64. The molecule has 1 aliphatic carbocycles. The fraction of sp³-hybridized carbons (Fsp3) is 0.938. The van der Waals surface area contributed by atoms with Crippen LogP contribution < -0.4 is 5.32 Å². The quantitative estimate of drug-likeness (QED) is 0.790. The van der Waals surface area contributed by atoms with Crippen LogP contribution in [-0.2, 0) is 4.79 Å². The number of rotatable bonds is 1. The zero-order chi connectivity index (χ0) is 13.1. The van der Waals surface area contributed by atoms with Crippen molar-refractivity contribution in [1.29, 1.82) is 0 Å². The van der Waals surface area contributed by atoms with Gasteiger partial charge >= 0.3 is 0 Å². The van der Waals surface area contributed by atoms with Crippen molar-refractivity contribution < 1.29 is 4.79 Å². The summed E-state index contributed by atoms with van der Waals surface area (Å²) in [5, 5.41) is 3.37. The number of hydrogen-bond acceptors (Lipinski definition) is 2. The van der Waals surface area contributed by atoms with Gasteiger partial charge in [-0.25, -0.2) is 0 Å². The van der Waals surface area contributed by atoms with Crippen molar-refractivity contribution in [2.75, 3.05) is 19.6 Å². The molecule has 1 amide bonds. The highest BCUT2D eigenvalue weighted by molar-refractivity contribution is 5.82. The van der Waals surface area contributed by atoms with Crippen LogP contribution in [0.2, 0.25) is 0 Å². The van der Waals surface area contributed by atoms with E-state index in [1.807, 2.05) is 0 Å². The van der Waals surface area contributed by atoms with Crippen molar-refractivity contribution in [3.05, 3.63) is 0 Å². The third-order valence-electron chi connectivity index (χ3n) is 5.50. The zero-order valence-electron chi connectivity index (χ0n) is 12.1. The van der Waals surface area contributed by atoms with Crippen LogP contribution in [0.4, 0.5) is 0 Å². The fourth-order valence-corrected chi connectivity index (χ4v) is 4.40. The van der Waals surface area contributed by atoms with Gasteiger partial charge < -0.3 is 10.2 Å². The largest absolute Gasteiger partial charge is 0.341 e. The Kier molecular flexibility index (Phi) is 4.11. The van der Waals surface area contributed by atoms with E-state index >= 15 is 0 Å². The van der Waals surface area contributed by atoms with Gasteiger partial charge in [0.05, 0.1) is 6.04 Å². The minimum Gasteiger partial charge on any atom is -0.341 e. The number of nitrogens with one attached hydrogen (secondary N) is 1. The average Bonchev–Trinajstić information content (AvgIpc) is 2.88. The Morgan fingerprint density at radius 1 is 1.00 bits per heavy atom. The minimum absolute atomic E-state index is 0.126. The van der Waals surface area contributed by atoms with Crippen LogP contribution in [0.25, 0.3) is 0 Å². The van der Waals surface area contributed by atoms with Crippen molar-refractivity contribution in [2.24, 2.45) is 5.41 Å². The number of amides is 1. The number of carbonyl (C=O) groups is 1. The van der Waals surface area contributed by atoms with Crippen molar-refractivity contribution in [2.45, 2.75) is 70.3 Å². The molecule has 2 heterocycles. The van der Waals surface area contributed by atoms with E-state index in [0.29, 0.717) is 11.3 Å². The van der Waals surface area contributed by atoms with Crippen LogP contribution in [-0.4, -0.2) is 36.5 Å². The summed E-state index contributed by atoms with van der Waals surface area (Å²) in [4.78, 5) is 14.8. The number of piperidine rings is 1. The molecule has 108 valence electrons. The first kappa shape index (κ1) is 13.4. The van der Waals surface area contributed by atoms with E-state index in [0.717, 1.165) is 32.5 Å². The van der Waals surface area contributed by atoms with E-state index in [1.165, 1.54) is 51.4 Å². The number of carbonyl (C=O) groups excluding carboxylic acids is 1. The summed E-state index contributed by atoms with van der Waals surface area (Å²) < 4.78 is 0. The first-order chi connectivity index (χ1) is 9.29. The lowest BCUT2D eigenvalue weighted by Gasteiger charge is -2.43. The van der Waals surface area contributed by atoms with E-state index in [2.05, 4.69) is 10.2 Å². The van der Waals surface area contributed by atoms with E-state index in [-0.39, 0.29) is 6.04 Å². The predicted molar refractivity (Wildman–Crippen MR) is 77.0 cm³/mol. The Labute approximate surface area is 117 Å². The maximum atomic E-state index is 12.6. The standard InChI is InChI=1S/C16H28N2O/c19-15(14-7-5-11-17-14)18-12-6-10-16(13-18)8-3-1-2-4-9-16/h14,17H,1-13H2. The van der Waals surface area contributed by atoms with Gasteiger partial charge in [0.15, 0.2) is 0 Å². The van der Waals surface area contributed by atoms with Crippen LogP contribution in [0, 0.1) is 5.41 Å². The van der Waals surface area contributed by atoms with Crippen LogP contribution in [0.15, 0.2) is 0 Å². The molecule has 2 saturated heterocycles. The van der Waals surface area contributed by atoms with Gasteiger partial charge in [-0.05, 0) is 50.5 Å². The maximum absolute atomic E-state index is 12.6. The van der Waals surface area contributed by atoms with Gasteiger partial charge in [-0.3, -0.25) is 4.79 Å². The molecule has 19 heavy (non-hydrogen) atoms. The number of likely N-dealkylation sites (tertiary alicyclic amines) is 1. The lowest BCUT2D eigenvalue weighted by Crippen LogP contribution is -2.51. The Hall–Kier alpha value is -0.570. The molecule has 3 heteroatoms. The molecule has 2 aliphatic heterocycles. The summed E-state index contributed by atoms with van der Waals surface area (Å²) in [6.45, 7) is 3.07. The molecule has 3 nitrogen and oxygen atoms in total. The molecule has 1 unspecified atom stereocenters. The maximum Gasteiger partial charge on any atom is 0.239 e. The lowest BCUT2D eigenvalue weighted by atomic mass is 9.74. The van der Waals surface area contributed by atoms with E-state index < -0.39 is 0 Å². The summed E-state index contributed by atoms with van der Waals surface area (Å²) in [6.07, 6.45) is 13.1. The molecule has 0 aromatic heterocycles. The predicted octanol–water partition coefficient (Wildman–Crippen LogP) is 2.70. The summed E-state index contributed by atoms with van der Waals surface area (Å²) in [5.41, 5.74) is 0.475. The average molecular weight is 264 g/mol. The van der Waals surface area contributed by atoms with Crippen molar-refractivity contribution in [3.63, 3.8) is 0 Å². The second kappa shape index (κ2) is 5.82. The van der Waals surface area contributed by atoms with Crippen molar-refractivity contribution in [3.8, 4) is 0 Å². The Morgan fingerprint density at radius 3 is 2.42 bits per heavy atom. The van der Waals surface area contributed by atoms with Gasteiger partial charge in [0, 0.05) is 13.1 Å². The topological polar surface area (TPSA) is 32.3 Å². The SMILES string of the molecule is O=C(C1CCCN1)N1CCCC2(CCCCCC2)C1. The monoisotopic (exact) mass is 264 g/mol. The lowest BCUT2D eigenvalue weighted by molar-refractivity contribution is -0.137. The van der Waals surface area contributed by atoms with E-state index in [4.69, 9.17) is 0 Å². The smallest absolute Gasteiger partial charge is 0.239 e. The highest BCUT2D eigenvalue weighted by Crippen LogP contribution is 2.42. The summed E-state index contributed by atoms with van der Waals surface area (Å²) in [5.74, 6) is 0.390. The highest BCUT2D eigenvalue weighted by atomic mass is 16.2. The van der Waals surface area contributed by atoms with Gasteiger partial charge in [-0.2, -0.15) is 0 Å². The van der Waals surface area contributed by atoms with Gasteiger partial charge in [-0.15, -0.1) is 0 Å².